The molecule has 0 saturated carbocycles. The third-order valence-corrected chi connectivity index (χ3v) is 4.72. The molecule has 0 spiro atoms. The van der Waals surface area contributed by atoms with Crippen LogP contribution in [0, 0.1) is 6.92 Å². The normalized spacial score (nSPS) is 13.1. The van der Waals surface area contributed by atoms with Crippen LogP contribution in [-0.2, 0) is 19.5 Å². The standard InChI is InChI=1S/C12H16BrNO5S/c1-7-4-9(12(15)19-8(2)6-18-3)5-10(11(7)13)20(14,16)17/h4-5,8H,6H2,1-3H3,(H2,14,16,17). The maximum absolute atomic E-state index is 11.9. The van der Waals surface area contributed by atoms with Gasteiger partial charge in [0.2, 0.25) is 10.0 Å². The van der Waals surface area contributed by atoms with E-state index in [0.717, 1.165) is 0 Å². The van der Waals surface area contributed by atoms with Gasteiger partial charge in [-0.2, -0.15) is 0 Å². The van der Waals surface area contributed by atoms with Gasteiger partial charge in [-0.1, -0.05) is 0 Å². The van der Waals surface area contributed by atoms with Gasteiger partial charge in [0.15, 0.2) is 0 Å². The molecule has 0 bridgehead atoms. The van der Waals surface area contributed by atoms with Gasteiger partial charge in [-0.15, -0.1) is 0 Å². The minimum atomic E-state index is -3.93. The van der Waals surface area contributed by atoms with E-state index in [-0.39, 0.29) is 17.1 Å². The van der Waals surface area contributed by atoms with E-state index in [4.69, 9.17) is 14.6 Å². The summed E-state index contributed by atoms with van der Waals surface area (Å²) in [6.45, 7) is 3.59. The van der Waals surface area contributed by atoms with Crippen LogP contribution in [0.25, 0.3) is 0 Å². The highest BCUT2D eigenvalue weighted by atomic mass is 79.9. The van der Waals surface area contributed by atoms with Gasteiger partial charge in [-0.05, 0) is 47.5 Å². The highest BCUT2D eigenvalue weighted by molar-refractivity contribution is 9.10. The Balaban J connectivity index is 3.15. The van der Waals surface area contributed by atoms with Gasteiger partial charge in [-0.25, -0.2) is 18.4 Å². The second-order valence-corrected chi connectivity index (χ2v) is 6.64. The van der Waals surface area contributed by atoms with Crippen molar-refractivity contribution in [2.24, 2.45) is 5.14 Å². The van der Waals surface area contributed by atoms with Crippen molar-refractivity contribution in [2.75, 3.05) is 13.7 Å². The second-order valence-electron chi connectivity index (χ2n) is 4.32. The molecule has 0 aromatic heterocycles. The largest absolute Gasteiger partial charge is 0.457 e. The second kappa shape index (κ2) is 6.66. The van der Waals surface area contributed by atoms with Gasteiger partial charge in [0.25, 0.3) is 0 Å². The number of methoxy groups -OCH3 is 1. The molecule has 8 heteroatoms. The zero-order valence-corrected chi connectivity index (χ0v) is 13.7. The molecule has 0 aliphatic rings. The SMILES string of the molecule is COCC(C)OC(=O)c1cc(C)c(Br)c(S(N)(=O)=O)c1. The zero-order chi connectivity index (χ0) is 15.5. The molecule has 1 aromatic carbocycles. The highest BCUT2D eigenvalue weighted by Gasteiger charge is 2.20. The first kappa shape index (κ1) is 17.1. The Morgan fingerprint density at radius 2 is 2.05 bits per heavy atom. The molecule has 1 rings (SSSR count). The number of benzene rings is 1. The fourth-order valence-electron chi connectivity index (χ4n) is 1.58. The van der Waals surface area contributed by atoms with Gasteiger partial charge in [0.05, 0.1) is 17.1 Å². The molecule has 0 fully saturated rings. The van der Waals surface area contributed by atoms with Crippen molar-refractivity contribution in [3.8, 4) is 0 Å². The fourth-order valence-corrected chi connectivity index (χ4v) is 3.19. The molecule has 0 aliphatic heterocycles. The number of carbonyl (C=O) groups is 1. The van der Waals surface area contributed by atoms with Crippen LogP contribution >= 0.6 is 15.9 Å². The number of sulfonamides is 1. The molecule has 112 valence electrons. The summed E-state index contributed by atoms with van der Waals surface area (Å²) in [7, 11) is -2.44. The van der Waals surface area contributed by atoms with Crippen molar-refractivity contribution in [2.45, 2.75) is 24.8 Å². The van der Waals surface area contributed by atoms with E-state index in [1.54, 1.807) is 13.8 Å². The Bertz CT molecular complexity index is 615. The Morgan fingerprint density at radius 3 is 2.55 bits per heavy atom. The van der Waals surface area contributed by atoms with Crippen molar-refractivity contribution >= 4 is 31.9 Å². The molecule has 1 atom stereocenters. The molecule has 1 aromatic rings. The molecule has 0 amide bonds. The first-order chi connectivity index (χ1) is 9.16. The van der Waals surface area contributed by atoms with Gasteiger partial charge in [-0.3, -0.25) is 0 Å². The number of hydrogen-bond acceptors (Lipinski definition) is 5. The third kappa shape index (κ3) is 4.27. The number of esters is 1. The predicted octanol–water partition coefficient (Wildman–Crippen LogP) is 1.60. The molecule has 0 heterocycles. The zero-order valence-electron chi connectivity index (χ0n) is 11.3. The number of ether oxygens (including phenoxy) is 2. The summed E-state index contributed by atoms with van der Waals surface area (Å²) in [5.74, 6) is -0.630. The predicted molar refractivity (Wildman–Crippen MR) is 77.0 cm³/mol. The monoisotopic (exact) mass is 365 g/mol. The van der Waals surface area contributed by atoms with Gasteiger partial charge in [0.1, 0.15) is 6.10 Å². The lowest BCUT2D eigenvalue weighted by molar-refractivity contribution is 0.0120. The molecule has 0 saturated heterocycles. The molecule has 0 aliphatic carbocycles. The first-order valence-corrected chi connectivity index (χ1v) is 8.03. The number of halogens is 1. The lowest BCUT2D eigenvalue weighted by atomic mass is 10.1. The number of carbonyl (C=O) groups excluding carboxylic acids is 1. The number of aryl methyl sites for hydroxylation is 1. The summed E-state index contributed by atoms with van der Waals surface area (Å²) < 4.78 is 33.3. The van der Waals surface area contributed by atoms with Crippen molar-refractivity contribution in [1.29, 1.82) is 0 Å². The molecular formula is C12H16BrNO5S. The summed E-state index contributed by atoms with van der Waals surface area (Å²) in [5, 5.41) is 5.11. The molecule has 6 nitrogen and oxygen atoms in total. The smallest absolute Gasteiger partial charge is 0.338 e. The molecule has 20 heavy (non-hydrogen) atoms. The van der Waals surface area contributed by atoms with Crippen molar-refractivity contribution in [3.63, 3.8) is 0 Å². The van der Waals surface area contributed by atoms with Crippen molar-refractivity contribution < 1.29 is 22.7 Å². The van der Waals surface area contributed by atoms with Gasteiger partial charge < -0.3 is 9.47 Å². The molecular weight excluding hydrogens is 350 g/mol. The van der Waals surface area contributed by atoms with E-state index in [2.05, 4.69) is 15.9 Å². The van der Waals surface area contributed by atoms with E-state index in [1.807, 2.05) is 0 Å². The number of rotatable bonds is 5. The Morgan fingerprint density at radius 1 is 1.45 bits per heavy atom. The number of nitrogens with two attached hydrogens (primary N) is 1. The van der Waals surface area contributed by atoms with E-state index < -0.39 is 22.1 Å². The van der Waals surface area contributed by atoms with Crippen LogP contribution in [0.3, 0.4) is 0 Å². The minimum Gasteiger partial charge on any atom is -0.457 e. The average Bonchev–Trinajstić information content (AvgIpc) is 2.30. The molecule has 0 radical (unpaired) electrons. The van der Waals surface area contributed by atoms with E-state index in [0.29, 0.717) is 10.0 Å². The quantitative estimate of drug-likeness (QED) is 0.799. The van der Waals surface area contributed by atoms with E-state index >= 15 is 0 Å². The van der Waals surface area contributed by atoms with E-state index in [9.17, 15) is 13.2 Å². The van der Waals surface area contributed by atoms with Gasteiger partial charge in [0, 0.05) is 11.6 Å². The molecule has 2 N–H and O–H groups in total. The van der Waals surface area contributed by atoms with Crippen LogP contribution < -0.4 is 5.14 Å². The third-order valence-electron chi connectivity index (χ3n) is 2.47. The number of hydrogen-bond donors (Lipinski definition) is 1. The van der Waals surface area contributed by atoms with Gasteiger partial charge >= 0.3 is 5.97 Å². The maximum Gasteiger partial charge on any atom is 0.338 e. The fraction of sp³-hybridized carbons (Fsp3) is 0.417. The van der Waals surface area contributed by atoms with Crippen LogP contribution in [-0.4, -0.2) is 34.2 Å². The Labute approximate surface area is 126 Å². The summed E-state index contributed by atoms with van der Waals surface area (Å²) in [4.78, 5) is 11.8. The van der Waals surface area contributed by atoms with Crippen LogP contribution in [0.2, 0.25) is 0 Å². The van der Waals surface area contributed by atoms with Crippen LogP contribution in [0.4, 0.5) is 0 Å². The summed E-state index contributed by atoms with van der Waals surface area (Å²) in [6.07, 6.45) is -0.436. The Hall–Kier alpha value is -0.960. The maximum atomic E-state index is 11.9. The summed E-state index contributed by atoms with van der Waals surface area (Å²) in [6, 6.07) is 2.72. The van der Waals surface area contributed by atoms with E-state index in [1.165, 1.54) is 19.2 Å². The lowest BCUT2D eigenvalue weighted by Gasteiger charge is -2.13. The van der Waals surface area contributed by atoms with Crippen molar-refractivity contribution in [1.82, 2.24) is 0 Å². The first-order valence-electron chi connectivity index (χ1n) is 5.69. The molecule has 1 unspecified atom stereocenters. The van der Waals surface area contributed by atoms with Crippen LogP contribution in [0.5, 0.6) is 0 Å². The van der Waals surface area contributed by atoms with Crippen LogP contribution in [0.15, 0.2) is 21.5 Å². The summed E-state index contributed by atoms with van der Waals surface area (Å²) >= 11 is 3.14. The number of primary sulfonamides is 1. The minimum absolute atomic E-state index is 0.123. The summed E-state index contributed by atoms with van der Waals surface area (Å²) in [5.41, 5.74) is 0.695. The van der Waals surface area contributed by atoms with Crippen LogP contribution in [0.1, 0.15) is 22.8 Å². The highest BCUT2D eigenvalue weighted by Crippen LogP contribution is 2.26. The topological polar surface area (TPSA) is 95.7 Å². The Kier molecular flexibility index (Phi) is 5.69. The van der Waals surface area contributed by atoms with Crippen molar-refractivity contribution in [3.05, 3.63) is 27.7 Å². The average molecular weight is 366 g/mol. The lowest BCUT2D eigenvalue weighted by Crippen LogP contribution is -2.20.